The smallest absolute Gasteiger partial charge is 0.335 e. The Morgan fingerprint density at radius 1 is 1.06 bits per heavy atom. The van der Waals surface area contributed by atoms with E-state index < -0.39 is 17.5 Å². The highest BCUT2D eigenvalue weighted by Gasteiger charge is 2.52. The van der Waals surface area contributed by atoms with Crippen LogP contribution in [0, 0.1) is 5.92 Å². The number of benzene rings is 1. The number of rotatable bonds is 5. The molecule has 0 radical (unpaired) electrons. The van der Waals surface area contributed by atoms with Crippen LogP contribution in [0.15, 0.2) is 30.3 Å². The fraction of sp³-hybridized carbons (Fsp3) is 0.565. The molecule has 10 heteroatoms. The van der Waals surface area contributed by atoms with Crippen LogP contribution in [0.1, 0.15) is 45.4 Å². The number of piperidine rings is 1. The first kappa shape index (κ1) is 23.0. The predicted molar refractivity (Wildman–Crippen MR) is 122 cm³/mol. The minimum atomic E-state index is -0.874. The van der Waals surface area contributed by atoms with Gasteiger partial charge in [-0.2, -0.15) is 5.01 Å². The first-order valence-corrected chi connectivity index (χ1v) is 11.7. The molecule has 1 aliphatic carbocycles. The van der Waals surface area contributed by atoms with Crippen molar-refractivity contribution in [1.82, 2.24) is 26.0 Å². The van der Waals surface area contributed by atoms with Gasteiger partial charge in [0.1, 0.15) is 5.54 Å². The zero-order valence-corrected chi connectivity index (χ0v) is 18.9. The number of imide groups is 1. The third-order valence-electron chi connectivity index (χ3n) is 6.85. The molecule has 1 aromatic carbocycles. The van der Waals surface area contributed by atoms with Crippen LogP contribution < -0.4 is 21.4 Å². The van der Waals surface area contributed by atoms with Crippen molar-refractivity contribution in [3.63, 3.8) is 0 Å². The average molecular weight is 457 g/mol. The summed E-state index contributed by atoms with van der Waals surface area (Å²) in [4.78, 5) is 51.9. The van der Waals surface area contributed by atoms with Crippen LogP contribution in [0.3, 0.4) is 0 Å². The Hall–Kier alpha value is -3.14. The lowest BCUT2D eigenvalue weighted by molar-refractivity contribution is -0.140. The van der Waals surface area contributed by atoms with Gasteiger partial charge in [-0.05, 0) is 56.6 Å². The molecule has 2 heterocycles. The molecule has 0 unspecified atom stereocenters. The molecular formula is C23H32N6O4. The Kier molecular flexibility index (Phi) is 6.83. The van der Waals surface area contributed by atoms with Gasteiger partial charge >= 0.3 is 12.1 Å². The van der Waals surface area contributed by atoms with Gasteiger partial charge in [-0.15, -0.1) is 0 Å². The summed E-state index contributed by atoms with van der Waals surface area (Å²) in [7, 11) is 0. The maximum Gasteiger partial charge on any atom is 0.344 e. The SMILES string of the molecule is CC1CCC2(CC1)NC(=O)N(NC(=O)CN1CCC(NC(=O)Nc3ccccc3)CC1)C2=O. The highest BCUT2D eigenvalue weighted by molar-refractivity contribution is 6.08. The molecule has 2 saturated heterocycles. The van der Waals surface area contributed by atoms with E-state index in [-0.39, 0.29) is 24.5 Å². The van der Waals surface area contributed by atoms with E-state index >= 15 is 0 Å². The molecule has 1 saturated carbocycles. The number of hydrogen-bond donors (Lipinski definition) is 4. The molecule has 0 atom stereocenters. The standard InChI is InChI=1S/C23H32N6O4/c1-16-7-11-23(12-8-16)20(31)29(22(33)26-23)27-19(30)15-28-13-9-18(10-14-28)25-21(32)24-17-5-3-2-4-6-17/h2-6,16,18H,7-15H2,1H3,(H,26,33)(H,27,30)(H2,24,25,32). The van der Waals surface area contributed by atoms with E-state index in [1.165, 1.54) is 0 Å². The molecule has 2 aliphatic heterocycles. The first-order chi connectivity index (χ1) is 15.8. The minimum Gasteiger partial charge on any atom is -0.335 e. The van der Waals surface area contributed by atoms with Gasteiger partial charge in [0.2, 0.25) is 0 Å². The second kappa shape index (κ2) is 9.78. The van der Waals surface area contributed by atoms with Crippen molar-refractivity contribution in [2.45, 2.75) is 57.0 Å². The van der Waals surface area contributed by atoms with Crippen molar-refractivity contribution in [2.24, 2.45) is 5.92 Å². The lowest BCUT2D eigenvalue weighted by Crippen LogP contribution is -2.54. The molecule has 0 bridgehead atoms. The summed E-state index contributed by atoms with van der Waals surface area (Å²) < 4.78 is 0. The normalized spacial score (nSPS) is 26.2. The van der Waals surface area contributed by atoms with Crippen molar-refractivity contribution >= 4 is 29.6 Å². The summed E-state index contributed by atoms with van der Waals surface area (Å²) in [6.45, 7) is 3.49. The van der Waals surface area contributed by atoms with Crippen LogP contribution in [0.2, 0.25) is 0 Å². The van der Waals surface area contributed by atoms with Gasteiger partial charge in [0.25, 0.3) is 11.8 Å². The van der Waals surface area contributed by atoms with E-state index in [4.69, 9.17) is 0 Å². The van der Waals surface area contributed by atoms with Gasteiger partial charge in [-0.3, -0.25) is 19.9 Å². The molecule has 6 amide bonds. The summed E-state index contributed by atoms with van der Waals surface area (Å²) in [6.07, 6.45) is 4.37. The number of likely N-dealkylation sites (tertiary alicyclic amines) is 1. The van der Waals surface area contributed by atoms with Gasteiger partial charge in [0.15, 0.2) is 0 Å². The molecular weight excluding hydrogens is 424 g/mol. The summed E-state index contributed by atoms with van der Waals surface area (Å²) in [6, 6.07) is 8.45. The fourth-order valence-corrected chi connectivity index (χ4v) is 4.79. The third-order valence-corrected chi connectivity index (χ3v) is 6.85. The van der Waals surface area contributed by atoms with Crippen molar-refractivity contribution in [3.05, 3.63) is 30.3 Å². The maximum atomic E-state index is 12.9. The highest BCUT2D eigenvalue weighted by atomic mass is 16.2. The molecule has 1 spiro atoms. The van der Waals surface area contributed by atoms with E-state index in [1.807, 2.05) is 35.2 Å². The number of carbonyl (C=O) groups is 4. The lowest BCUT2D eigenvalue weighted by atomic mass is 9.77. The van der Waals surface area contributed by atoms with Gasteiger partial charge in [0, 0.05) is 24.8 Å². The van der Waals surface area contributed by atoms with E-state index in [0.29, 0.717) is 44.7 Å². The zero-order chi connectivity index (χ0) is 23.4. The number of hydrogen-bond acceptors (Lipinski definition) is 5. The maximum absolute atomic E-state index is 12.9. The van der Waals surface area contributed by atoms with Gasteiger partial charge < -0.3 is 16.0 Å². The molecule has 10 nitrogen and oxygen atoms in total. The Bertz CT molecular complexity index is 891. The van der Waals surface area contributed by atoms with Crippen LogP contribution in [0.5, 0.6) is 0 Å². The molecule has 0 aromatic heterocycles. The number of nitrogens with zero attached hydrogens (tertiary/aromatic N) is 2. The van der Waals surface area contributed by atoms with Gasteiger partial charge in [-0.1, -0.05) is 25.1 Å². The van der Waals surface area contributed by atoms with Crippen molar-refractivity contribution in [3.8, 4) is 0 Å². The summed E-state index contributed by atoms with van der Waals surface area (Å²) in [5, 5.41) is 9.42. The molecule has 33 heavy (non-hydrogen) atoms. The van der Waals surface area contributed by atoms with Gasteiger partial charge in [-0.25, -0.2) is 9.59 Å². The number of carbonyl (C=O) groups excluding carboxylic acids is 4. The predicted octanol–water partition coefficient (Wildman–Crippen LogP) is 1.80. The highest BCUT2D eigenvalue weighted by Crippen LogP contribution is 2.35. The second-order valence-electron chi connectivity index (χ2n) is 9.39. The van der Waals surface area contributed by atoms with E-state index in [1.54, 1.807) is 0 Å². The second-order valence-corrected chi connectivity index (χ2v) is 9.39. The molecule has 4 N–H and O–H groups in total. The lowest BCUT2D eigenvalue weighted by Gasteiger charge is -2.33. The van der Waals surface area contributed by atoms with Crippen LogP contribution in [0.4, 0.5) is 15.3 Å². The number of urea groups is 2. The summed E-state index contributed by atoms with van der Waals surface area (Å²) in [5.41, 5.74) is 2.35. The van der Waals surface area contributed by atoms with Crippen LogP contribution in [-0.2, 0) is 9.59 Å². The molecule has 3 fully saturated rings. The Labute approximate surface area is 193 Å². The Morgan fingerprint density at radius 2 is 1.73 bits per heavy atom. The summed E-state index contributed by atoms with van der Waals surface area (Å²) in [5.74, 6) is -0.223. The number of hydrazine groups is 1. The van der Waals surface area contributed by atoms with Crippen LogP contribution in [0.25, 0.3) is 0 Å². The van der Waals surface area contributed by atoms with Crippen molar-refractivity contribution in [2.75, 3.05) is 25.0 Å². The Morgan fingerprint density at radius 3 is 2.39 bits per heavy atom. The van der Waals surface area contributed by atoms with E-state index in [2.05, 4.69) is 28.3 Å². The number of anilines is 1. The molecule has 4 rings (SSSR count). The molecule has 3 aliphatic rings. The zero-order valence-electron chi connectivity index (χ0n) is 18.9. The summed E-state index contributed by atoms with van der Waals surface area (Å²) >= 11 is 0. The third kappa shape index (κ3) is 5.44. The van der Waals surface area contributed by atoms with E-state index in [9.17, 15) is 19.2 Å². The van der Waals surface area contributed by atoms with Crippen molar-refractivity contribution < 1.29 is 19.2 Å². The number of amides is 6. The topological polar surface area (TPSA) is 123 Å². The number of nitrogens with one attached hydrogen (secondary N) is 4. The Balaban J connectivity index is 1.20. The molecule has 1 aromatic rings. The van der Waals surface area contributed by atoms with Crippen LogP contribution in [-0.4, -0.2) is 65.0 Å². The van der Waals surface area contributed by atoms with Gasteiger partial charge in [0.05, 0.1) is 6.54 Å². The average Bonchev–Trinajstić information content (AvgIpc) is 3.02. The quantitative estimate of drug-likeness (QED) is 0.503. The van der Waals surface area contributed by atoms with E-state index in [0.717, 1.165) is 23.5 Å². The largest absolute Gasteiger partial charge is 0.344 e. The first-order valence-electron chi connectivity index (χ1n) is 11.7. The number of para-hydroxylation sites is 1. The molecule has 178 valence electrons. The van der Waals surface area contributed by atoms with Crippen LogP contribution >= 0.6 is 0 Å². The van der Waals surface area contributed by atoms with Crippen molar-refractivity contribution in [1.29, 1.82) is 0 Å². The monoisotopic (exact) mass is 456 g/mol. The minimum absolute atomic E-state index is 0.0208. The fourth-order valence-electron chi connectivity index (χ4n) is 4.79.